The fourth-order valence-electron chi connectivity index (χ4n) is 3.05. The second-order valence-electron chi connectivity index (χ2n) is 6.75. The molecular weight excluding hydrogens is 344 g/mol. The Balaban J connectivity index is 1.65. The largest absolute Gasteiger partial charge is 0.451 e. The highest BCUT2D eigenvalue weighted by molar-refractivity contribution is 5.78. The Bertz CT molecular complexity index is 823. The predicted octanol–water partition coefficient (Wildman–Crippen LogP) is 3.16. The predicted molar refractivity (Wildman–Crippen MR) is 99.6 cm³/mol. The summed E-state index contributed by atoms with van der Waals surface area (Å²) in [5.41, 5.74) is 4.98. The molecule has 1 atom stereocenters. The lowest BCUT2D eigenvalue weighted by molar-refractivity contribution is -0.123. The van der Waals surface area contributed by atoms with Crippen molar-refractivity contribution in [2.75, 3.05) is 6.54 Å². The molecular formula is C20H24N4O3. The molecule has 7 heteroatoms. The van der Waals surface area contributed by atoms with E-state index >= 15 is 0 Å². The second kappa shape index (κ2) is 8.64. The SMILES string of the molecule is Cc1ccc(C)c(C(C)NC(=O)CN(Cc2cocn2)Cc2cocn2)c1. The van der Waals surface area contributed by atoms with E-state index in [-0.39, 0.29) is 18.5 Å². The third kappa shape index (κ3) is 5.27. The van der Waals surface area contributed by atoms with E-state index in [1.54, 1.807) is 12.5 Å². The number of nitrogens with one attached hydrogen (secondary N) is 1. The number of carbonyl (C=O) groups is 1. The first-order valence-corrected chi connectivity index (χ1v) is 8.84. The zero-order valence-electron chi connectivity index (χ0n) is 15.8. The maximum Gasteiger partial charge on any atom is 0.234 e. The van der Waals surface area contributed by atoms with Gasteiger partial charge in [0.2, 0.25) is 5.91 Å². The average molecular weight is 368 g/mol. The van der Waals surface area contributed by atoms with Gasteiger partial charge in [-0.15, -0.1) is 0 Å². The molecule has 1 unspecified atom stereocenters. The molecule has 142 valence electrons. The van der Waals surface area contributed by atoms with Crippen LogP contribution >= 0.6 is 0 Å². The number of aromatic nitrogens is 2. The van der Waals surface area contributed by atoms with Crippen molar-refractivity contribution in [2.45, 2.75) is 39.9 Å². The van der Waals surface area contributed by atoms with E-state index < -0.39 is 0 Å². The zero-order valence-corrected chi connectivity index (χ0v) is 15.8. The molecule has 0 saturated carbocycles. The van der Waals surface area contributed by atoms with Crippen LogP contribution in [0.4, 0.5) is 0 Å². The fourth-order valence-corrected chi connectivity index (χ4v) is 3.05. The lowest BCUT2D eigenvalue weighted by Gasteiger charge is -2.22. The normalized spacial score (nSPS) is 12.3. The van der Waals surface area contributed by atoms with Crippen LogP contribution in [0.15, 0.2) is 52.3 Å². The van der Waals surface area contributed by atoms with Crippen LogP contribution in [-0.4, -0.2) is 27.3 Å². The van der Waals surface area contributed by atoms with Gasteiger partial charge in [-0.1, -0.05) is 23.8 Å². The van der Waals surface area contributed by atoms with Gasteiger partial charge in [-0.05, 0) is 31.9 Å². The molecule has 0 aliphatic carbocycles. The van der Waals surface area contributed by atoms with Gasteiger partial charge in [-0.25, -0.2) is 9.97 Å². The zero-order chi connectivity index (χ0) is 19.2. The minimum absolute atomic E-state index is 0.0598. The number of benzene rings is 1. The lowest BCUT2D eigenvalue weighted by atomic mass is 10.00. The number of hydrogen-bond acceptors (Lipinski definition) is 6. The number of hydrogen-bond donors (Lipinski definition) is 1. The summed E-state index contributed by atoms with van der Waals surface area (Å²) in [6.45, 7) is 7.28. The molecule has 3 aromatic rings. The topological polar surface area (TPSA) is 84.4 Å². The molecule has 27 heavy (non-hydrogen) atoms. The van der Waals surface area contributed by atoms with Crippen LogP contribution in [0.3, 0.4) is 0 Å². The lowest BCUT2D eigenvalue weighted by Crippen LogP contribution is -2.38. The standard InChI is InChI=1S/C20H24N4O3/c1-14-4-5-15(2)19(6-14)16(3)23-20(25)9-24(7-17-10-26-12-21-17)8-18-11-27-13-22-18/h4-6,10-13,16H,7-9H2,1-3H3,(H,23,25). The van der Waals surface area contributed by atoms with Crippen molar-refractivity contribution in [1.82, 2.24) is 20.2 Å². The number of rotatable bonds is 8. The molecule has 1 N–H and O–H groups in total. The van der Waals surface area contributed by atoms with Gasteiger partial charge in [-0.2, -0.15) is 0 Å². The van der Waals surface area contributed by atoms with Gasteiger partial charge in [0.25, 0.3) is 0 Å². The van der Waals surface area contributed by atoms with Crippen molar-refractivity contribution in [3.8, 4) is 0 Å². The summed E-state index contributed by atoms with van der Waals surface area (Å²) < 4.78 is 10.1. The summed E-state index contributed by atoms with van der Waals surface area (Å²) in [5.74, 6) is -0.0598. The van der Waals surface area contributed by atoms with Crippen LogP contribution in [0.5, 0.6) is 0 Å². The summed E-state index contributed by atoms with van der Waals surface area (Å²) in [6.07, 6.45) is 5.91. The maximum atomic E-state index is 12.6. The molecule has 0 spiro atoms. The van der Waals surface area contributed by atoms with Crippen molar-refractivity contribution in [3.63, 3.8) is 0 Å². The van der Waals surface area contributed by atoms with E-state index in [0.29, 0.717) is 13.1 Å². The minimum Gasteiger partial charge on any atom is -0.451 e. The third-order valence-electron chi connectivity index (χ3n) is 4.38. The van der Waals surface area contributed by atoms with E-state index in [9.17, 15) is 4.79 Å². The summed E-state index contributed by atoms with van der Waals surface area (Å²) in [7, 11) is 0. The van der Waals surface area contributed by atoms with E-state index in [4.69, 9.17) is 8.83 Å². The van der Waals surface area contributed by atoms with Crippen LogP contribution < -0.4 is 5.32 Å². The van der Waals surface area contributed by atoms with Crippen LogP contribution in [0.1, 0.15) is 41.0 Å². The maximum absolute atomic E-state index is 12.6. The Morgan fingerprint density at radius 1 is 1.11 bits per heavy atom. The van der Waals surface area contributed by atoms with Gasteiger partial charge < -0.3 is 14.2 Å². The summed E-state index contributed by atoms with van der Waals surface area (Å²) in [5, 5.41) is 3.09. The van der Waals surface area contributed by atoms with Gasteiger partial charge in [0, 0.05) is 13.1 Å². The Hall–Kier alpha value is -2.93. The van der Waals surface area contributed by atoms with E-state index in [0.717, 1.165) is 22.5 Å². The van der Waals surface area contributed by atoms with Gasteiger partial charge in [0.05, 0.1) is 24.0 Å². The molecule has 0 fully saturated rings. The summed E-state index contributed by atoms with van der Waals surface area (Å²) >= 11 is 0. The number of oxazole rings is 2. The molecule has 3 rings (SSSR count). The fraction of sp³-hybridized carbons (Fsp3) is 0.350. The number of amides is 1. The molecule has 0 bridgehead atoms. The van der Waals surface area contributed by atoms with Gasteiger partial charge in [0.1, 0.15) is 12.5 Å². The van der Waals surface area contributed by atoms with Gasteiger partial charge in [-0.3, -0.25) is 9.69 Å². The van der Waals surface area contributed by atoms with Crippen molar-refractivity contribution in [1.29, 1.82) is 0 Å². The van der Waals surface area contributed by atoms with Crippen molar-refractivity contribution >= 4 is 5.91 Å². The summed E-state index contributed by atoms with van der Waals surface area (Å²) in [4.78, 5) is 22.9. The monoisotopic (exact) mass is 368 g/mol. The van der Waals surface area contributed by atoms with Crippen molar-refractivity contribution in [2.24, 2.45) is 0 Å². The highest BCUT2D eigenvalue weighted by atomic mass is 16.3. The molecule has 0 saturated heterocycles. The van der Waals surface area contributed by atoms with Crippen LogP contribution in [-0.2, 0) is 17.9 Å². The quantitative estimate of drug-likeness (QED) is 0.657. The van der Waals surface area contributed by atoms with E-state index in [2.05, 4.69) is 47.3 Å². The first kappa shape index (κ1) is 18.8. The Morgan fingerprint density at radius 2 is 1.74 bits per heavy atom. The highest BCUT2D eigenvalue weighted by Gasteiger charge is 2.17. The average Bonchev–Trinajstić information content (AvgIpc) is 3.31. The summed E-state index contributed by atoms with van der Waals surface area (Å²) in [6, 6.07) is 6.20. The van der Waals surface area contributed by atoms with E-state index in [1.165, 1.54) is 18.4 Å². The molecule has 0 aliphatic heterocycles. The molecule has 1 aromatic carbocycles. The molecule has 2 heterocycles. The number of carbonyl (C=O) groups excluding carboxylic acids is 1. The van der Waals surface area contributed by atoms with Crippen LogP contribution in [0.2, 0.25) is 0 Å². The number of nitrogens with zero attached hydrogens (tertiary/aromatic N) is 3. The third-order valence-corrected chi connectivity index (χ3v) is 4.38. The second-order valence-corrected chi connectivity index (χ2v) is 6.75. The van der Waals surface area contributed by atoms with Crippen molar-refractivity contribution in [3.05, 3.63) is 71.6 Å². The first-order valence-electron chi connectivity index (χ1n) is 8.84. The smallest absolute Gasteiger partial charge is 0.234 e. The molecule has 0 aliphatic rings. The first-order chi connectivity index (χ1) is 13.0. The van der Waals surface area contributed by atoms with Crippen LogP contribution in [0, 0.1) is 13.8 Å². The Labute approximate surface area is 158 Å². The van der Waals surface area contributed by atoms with E-state index in [1.807, 2.05) is 11.8 Å². The number of aryl methyl sites for hydroxylation is 2. The molecule has 7 nitrogen and oxygen atoms in total. The minimum atomic E-state index is -0.0710. The molecule has 1 amide bonds. The Kier molecular flexibility index (Phi) is 6.03. The highest BCUT2D eigenvalue weighted by Crippen LogP contribution is 2.19. The van der Waals surface area contributed by atoms with Gasteiger partial charge in [0.15, 0.2) is 12.8 Å². The van der Waals surface area contributed by atoms with Crippen molar-refractivity contribution < 1.29 is 13.6 Å². The van der Waals surface area contributed by atoms with Crippen LogP contribution in [0.25, 0.3) is 0 Å². The van der Waals surface area contributed by atoms with Gasteiger partial charge >= 0.3 is 0 Å². The molecule has 0 radical (unpaired) electrons. The Morgan fingerprint density at radius 3 is 2.30 bits per heavy atom. The molecule has 2 aromatic heterocycles.